The highest BCUT2D eigenvalue weighted by molar-refractivity contribution is 6.30. The second kappa shape index (κ2) is 4.20. The summed E-state index contributed by atoms with van der Waals surface area (Å²) in [7, 11) is 0. The Labute approximate surface area is 89.0 Å². The van der Waals surface area contributed by atoms with Gasteiger partial charge < -0.3 is 10.5 Å². The van der Waals surface area contributed by atoms with E-state index in [0.717, 1.165) is 31.7 Å². The van der Waals surface area contributed by atoms with Crippen molar-refractivity contribution >= 4 is 17.3 Å². The van der Waals surface area contributed by atoms with Crippen LogP contribution in [0.3, 0.4) is 0 Å². The second-order valence-corrected chi connectivity index (χ2v) is 4.21. The lowest BCUT2D eigenvalue weighted by Gasteiger charge is -2.10. The van der Waals surface area contributed by atoms with Gasteiger partial charge in [0, 0.05) is 23.9 Å². The van der Waals surface area contributed by atoms with Gasteiger partial charge in [0.1, 0.15) is 0 Å². The van der Waals surface area contributed by atoms with Crippen molar-refractivity contribution < 1.29 is 4.74 Å². The van der Waals surface area contributed by atoms with E-state index < -0.39 is 0 Å². The average molecular weight is 212 g/mol. The summed E-state index contributed by atoms with van der Waals surface area (Å²) in [6.07, 6.45) is 2.14. The van der Waals surface area contributed by atoms with Crippen LogP contribution in [0.4, 0.5) is 5.69 Å². The molecule has 14 heavy (non-hydrogen) atoms. The van der Waals surface area contributed by atoms with E-state index in [1.807, 2.05) is 18.2 Å². The fraction of sp³-hybridized carbons (Fsp3) is 0.455. The van der Waals surface area contributed by atoms with Crippen molar-refractivity contribution in [2.45, 2.75) is 12.8 Å². The summed E-state index contributed by atoms with van der Waals surface area (Å²) in [6, 6.07) is 5.71. The van der Waals surface area contributed by atoms with Crippen molar-refractivity contribution in [2.24, 2.45) is 5.92 Å². The maximum atomic E-state index is 5.87. The zero-order chi connectivity index (χ0) is 9.97. The normalized spacial score (nSPS) is 21.4. The zero-order valence-electron chi connectivity index (χ0n) is 8.00. The molecular formula is C11H14ClNO. The molecule has 1 aliphatic rings. The molecule has 0 spiro atoms. The maximum absolute atomic E-state index is 5.87. The topological polar surface area (TPSA) is 35.2 Å². The molecule has 1 saturated heterocycles. The third-order valence-corrected chi connectivity index (χ3v) is 2.88. The molecule has 0 bridgehead atoms. The molecule has 0 amide bonds. The summed E-state index contributed by atoms with van der Waals surface area (Å²) in [5, 5.41) is 0.703. The number of ether oxygens (including phenoxy) is 1. The van der Waals surface area contributed by atoms with E-state index in [1.54, 1.807) is 0 Å². The summed E-state index contributed by atoms with van der Waals surface area (Å²) in [5.74, 6) is 0.624. The van der Waals surface area contributed by atoms with Gasteiger partial charge in [-0.1, -0.05) is 17.7 Å². The molecule has 2 rings (SSSR count). The van der Waals surface area contributed by atoms with Crippen LogP contribution in [-0.4, -0.2) is 13.2 Å². The van der Waals surface area contributed by atoms with Crippen molar-refractivity contribution in [2.75, 3.05) is 18.9 Å². The molecule has 2 N–H and O–H groups in total. The van der Waals surface area contributed by atoms with Gasteiger partial charge >= 0.3 is 0 Å². The molecule has 2 nitrogen and oxygen atoms in total. The van der Waals surface area contributed by atoms with Crippen LogP contribution in [0.15, 0.2) is 18.2 Å². The Hall–Kier alpha value is -0.730. The fourth-order valence-electron chi connectivity index (χ4n) is 1.81. The molecular weight excluding hydrogens is 198 g/mol. The van der Waals surface area contributed by atoms with E-state index in [0.29, 0.717) is 10.9 Å². The molecule has 1 aromatic rings. The number of hydrogen-bond acceptors (Lipinski definition) is 2. The lowest BCUT2D eigenvalue weighted by atomic mass is 9.98. The Morgan fingerprint density at radius 3 is 3.00 bits per heavy atom. The Morgan fingerprint density at radius 2 is 2.36 bits per heavy atom. The van der Waals surface area contributed by atoms with Crippen LogP contribution in [0, 0.1) is 5.92 Å². The lowest BCUT2D eigenvalue weighted by molar-refractivity contribution is 0.186. The quantitative estimate of drug-likeness (QED) is 0.763. The number of nitrogen functional groups attached to an aromatic ring is 1. The highest BCUT2D eigenvalue weighted by Gasteiger charge is 2.16. The van der Waals surface area contributed by atoms with Crippen LogP contribution < -0.4 is 5.73 Å². The van der Waals surface area contributed by atoms with Crippen molar-refractivity contribution in [3.8, 4) is 0 Å². The predicted molar refractivity (Wildman–Crippen MR) is 58.5 cm³/mol. The first kappa shape index (κ1) is 9.81. The highest BCUT2D eigenvalue weighted by atomic mass is 35.5. The molecule has 1 unspecified atom stereocenters. The SMILES string of the molecule is Nc1cc(Cl)ccc1CC1CCOC1. The average Bonchev–Trinajstić information content (AvgIpc) is 2.62. The van der Waals surface area contributed by atoms with Gasteiger partial charge in [0.05, 0.1) is 0 Å². The van der Waals surface area contributed by atoms with E-state index in [9.17, 15) is 0 Å². The standard InChI is InChI=1S/C11H14ClNO/c12-10-2-1-9(11(13)6-10)5-8-3-4-14-7-8/h1-2,6,8H,3-5,7,13H2. The number of hydrogen-bond donors (Lipinski definition) is 1. The van der Waals surface area contributed by atoms with Crippen LogP contribution in [0.5, 0.6) is 0 Å². The number of rotatable bonds is 2. The van der Waals surface area contributed by atoms with Gasteiger partial charge in [-0.05, 0) is 36.5 Å². The van der Waals surface area contributed by atoms with Gasteiger partial charge in [-0.3, -0.25) is 0 Å². The molecule has 76 valence electrons. The summed E-state index contributed by atoms with van der Waals surface area (Å²) >= 11 is 5.83. The largest absolute Gasteiger partial charge is 0.398 e. The summed E-state index contributed by atoms with van der Waals surface area (Å²) < 4.78 is 5.33. The van der Waals surface area contributed by atoms with Crippen LogP contribution >= 0.6 is 11.6 Å². The Bertz CT molecular complexity index is 321. The van der Waals surface area contributed by atoms with Crippen molar-refractivity contribution in [1.29, 1.82) is 0 Å². The van der Waals surface area contributed by atoms with Gasteiger partial charge in [-0.2, -0.15) is 0 Å². The van der Waals surface area contributed by atoms with Gasteiger partial charge in [0.15, 0.2) is 0 Å². The minimum atomic E-state index is 0.624. The molecule has 0 aromatic heterocycles. The highest BCUT2D eigenvalue weighted by Crippen LogP contribution is 2.24. The van der Waals surface area contributed by atoms with Crippen LogP contribution in [0.2, 0.25) is 5.02 Å². The van der Waals surface area contributed by atoms with E-state index in [4.69, 9.17) is 22.1 Å². The van der Waals surface area contributed by atoms with Crippen molar-refractivity contribution in [3.63, 3.8) is 0 Å². The van der Waals surface area contributed by atoms with Crippen molar-refractivity contribution in [3.05, 3.63) is 28.8 Å². The fourth-order valence-corrected chi connectivity index (χ4v) is 1.99. The Balaban J connectivity index is 2.08. The molecule has 1 heterocycles. The summed E-state index contributed by atoms with van der Waals surface area (Å²) in [6.45, 7) is 1.75. The lowest BCUT2D eigenvalue weighted by Crippen LogP contribution is -2.05. The third kappa shape index (κ3) is 2.20. The molecule has 1 atom stereocenters. The maximum Gasteiger partial charge on any atom is 0.0498 e. The smallest absolute Gasteiger partial charge is 0.0498 e. The Morgan fingerprint density at radius 1 is 1.50 bits per heavy atom. The first-order valence-electron chi connectivity index (χ1n) is 4.87. The zero-order valence-corrected chi connectivity index (χ0v) is 8.76. The Kier molecular flexibility index (Phi) is 2.94. The molecule has 0 aliphatic carbocycles. The minimum Gasteiger partial charge on any atom is -0.398 e. The molecule has 0 radical (unpaired) electrons. The van der Waals surface area contributed by atoms with E-state index in [1.165, 1.54) is 5.56 Å². The number of nitrogens with two attached hydrogens (primary N) is 1. The molecule has 1 aliphatic heterocycles. The van der Waals surface area contributed by atoms with Gasteiger partial charge in [0.2, 0.25) is 0 Å². The van der Waals surface area contributed by atoms with Gasteiger partial charge in [-0.25, -0.2) is 0 Å². The molecule has 1 aromatic carbocycles. The summed E-state index contributed by atoms with van der Waals surface area (Å²) in [5.41, 5.74) is 7.86. The third-order valence-electron chi connectivity index (χ3n) is 2.64. The first-order valence-corrected chi connectivity index (χ1v) is 5.25. The first-order chi connectivity index (χ1) is 6.75. The van der Waals surface area contributed by atoms with Gasteiger partial charge in [0.25, 0.3) is 0 Å². The van der Waals surface area contributed by atoms with E-state index >= 15 is 0 Å². The number of halogens is 1. The van der Waals surface area contributed by atoms with Crippen molar-refractivity contribution in [1.82, 2.24) is 0 Å². The molecule has 1 fully saturated rings. The monoisotopic (exact) mass is 211 g/mol. The molecule has 3 heteroatoms. The predicted octanol–water partition coefficient (Wildman–Crippen LogP) is 2.50. The summed E-state index contributed by atoms with van der Waals surface area (Å²) in [4.78, 5) is 0. The second-order valence-electron chi connectivity index (χ2n) is 3.78. The van der Waals surface area contributed by atoms with Crippen LogP contribution in [0.1, 0.15) is 12.0 Å². The van der Waals surface area contributed by atoms with Crippen LogP contribution in [-0.2, 0) is 11.2 Å². The number of anilines is 1. The van der Waals surface area contributed by atoms with Gasteiger partial charge in [-0.15, -0.1) is 0 Å². The van der Waals surface area contributed by atoms with Crippen LogP contribution in [0.25, 0.3) is 0 Å². The minimum absolute atomic E-state index is 0.624. The number of benzene rings is 1. The van der Waals surface area contributed by atoms with E-state index in [-0.39, 0.29) is 0 Å². The van der Waals surface area contributed by atoms with E-state index in [2.05, 4.69) is 0 Å². The molecule has 0 saturated carbocycles.